The van der Waals surface area contributed by atoms with Gasteiger partial charge in [-0.15, -0.1) is 11.6 Å². The van der Waals surface area contributed by atoms with Crippen LogP contribution in [-0.2, 0) is 30.5 Å². The number of allylic oxidation sites excluding steroid dienone is 1. The number of carbonyl (C=O) groups is 5. The number of fused-ring (bicyclic) bond motifs is 1. The third-order valence-corrected chi connectivity index (χ3v) is 10.1. The first-order chi connectivity index (χ1) is 27.2. The van der Waals surface area contributed by atoms with Crippen molar-refractivity contribution in [2.45, 2.75) is 44.7 Å². The Morgan fingerprint density at radius 1 is 0.821 bits per heavy atom. The highest BCUT2D eigenvalue weighted by atomic mass is 35.5. The van der Waals surface area contributed by atoms with Gasteiger partial charge in [-0.25, -0.2) is 0 Å². The van der Waals surface area contributed by atoms with Crippen LogP contribution in [0.15, 0.2) is 103 Å². The molecule has 0 aromatic heterocycles. The minimum Gasteiger partial charge on any atom is -0.492 e. The molecule has 11 nitrogen and oxygen atoms in total. The Morgan fingerprint density at radius 3 is 2.20 bits per heavy atom. The molecule has 0 bridgehead atoms. The van der Waals surface area contributed by atoms with Crippen LogP contribution in [0.4, 0.5) is 5.69 Å². The fourth-order valence-corrected chi connectivity index (χ4v) is 7.13. The summed E-state index contributed by atoms with van der Waals surface area (Å²) in [6.45, 7) is 1.11. The average Bonchev–Trinajstić information content (AvgIpc) is 3.55. The Morgan fingerprint density at radius 2 is 1.50 bits per heavy atom. The van der Waals surface area contributed by atoms with Gasteiger partial charge in [0, 0.05) is 42.7 Å². The zero-order valence-corrected chi connectivity index (χ0v) is 32.1. The van der Waals surface area contributed by atoms with Crippen LogP contribution in [0.1, 0.15) is 64.7 Å². The largest absolute Gasteiger partial charge is 0.492 e. The van der Waals surface area contributed by atoms with Crippen molar-refractivity contribution in [2.24, 2.45) is 0 Å². The fraction of sp³-hybridized carbons (Fsp3) is 0.295. The van der Waals surface area contributed by atoms with Gasteiger partial charge in [-0.05, 0) is 64.9 Å². The standard InChI is InChI=1S/C44H45ClN4O7/c1-48(25-28-56-33-17-15-32(16-18-33)42(31-11-6-3-7-12-31)34(21-24-45)30-9-4-2-5-10-30)41(52)23-27-55-26-22-40(51)46-37-14-8-13-35-36(37)29-49(44(35)54)38-19-20-39(50)47-43(38)53/h2-18,38H,19-29H2,1H3,(H,46,51)(H,47,50,53)/b42-34-. The van der Waals surface area contributed by atoms with E-state index in [1.54, 1.807) is 30.1 Å². The lowest BCUT2D eigenvalue weighted by molar-refractivity contribution is -0.137. The third kappa shape index (κ3) is 9.90. The molecule has 5 amide bonds. The van der Waals surface area contributed by atoms with Crippen LogP contribution in [0, 0.1) is 0 Å². The second-order valence-electron chi connectivity index (χ2n) is 13.6. The number of alkyl halides is 1. The first-order valence-electron chi connectivity index (χ1n) is 18.7. The fourth-order valence-electron chi connectivity index (χ4n) is 6.94. The van der Waals surface area contributed by atoms with E-state index in [1.807, 2.05) is 60.7 Å². The van der Waals surface area contributed by atoms with E-state index in [2.05, 4.69) is 34.9 Å². The van der Waals surface area contributed by atoms with Crippen LogP contribution >= 0.6 is 11.6 Å². The van der Waals surface area contributed by atoms with Crippen molar-refractivity contribution >= 4 is 58.0 Å². The van der Waals surface area contributed by atoms with E-state index in [9.17, 15) is 24.0 Å². The quantitative estimate of drug-likeness (QED) is 0.0556. The maximum Gasteiger partial charge on any atom is 0.255 e. The number of nitrogens with one attached hydrogen (secondary N) is 2. The van der Waals surface area contributed by atoms with E-state index in [0.29, 0.717) is 48.0 Å². The number of rotatable bonds is 17. The number of imide groups is 1. The zero-order chi connectivity index (χ0) is 39.4. The van der Waals surface area contributed by atoms with Crippen LogP contribution in [-0.4, -0.2) is 84.7 Å². The molecule has 0 radical (unpaired) electrons. The highest BCUT2D eigenvalue weighted by Gasteiger charge is 2.40. The first-order valence-corrected chi connectivity index (χ1v) is 19.3. The normalized spacial score (nSPS) is 15.5. The Bertz CT molecular complexity index is 2070. The van der Waals surface area contributed by atoms with Gasteiger partial charge in [0.05, 0.1) is 32.6 Å². The molecule has 4 aromatic rings. The summed E-state index contributed by atoms with van der Waals surface area (Å²) in [4.78, 5) is 65.5. The van der Waals surface area contributed by atoms with Crippen molar-refractivity contribution in [2.75, 3.05) is 44.6 Å². The highest BCUT2D eigenvalue weighted by Crippen LogP contribution is 2.36. The van der Waals surface area contributed by atoms with Crippen molar-refractivity contribution in [1.82, 2.24) is 15.1 Å². The van der Waals surface area contributed by atoms with Gasteiger partial charge in [-0.1, -0.05) is 78.9 Å². The third-order valence-electron chi connectivity index (χ3n) is 9.89. The summed E-state index contributed by atoms with van der Waals surface area (Å²) in [5.41, 5.74) is 7.09. The molecule has 1 fully saturated rings. The maximum absolute atomic E-state index is 13.1. The van der Waals surface area contributed by atoms with E-state index in [1.165, 1.54) is 10.5 Å². The summed E-state index contributed by atoms with van der Waals surface area (Å²) >= 11 is 6.29. The molecule has 0 spiro atoms. The molecule has 0 saturated carbocycles. The Kier molecular flexibility index (Phi) is 13.7. The molecule has 1 atom stereocenters. The van der Waals surface area contributed by atoms with Crippen molar-refractivity contribution in [3.8, 4) is 5.75 Å². The van der Waals surface area contributed by atoms with Crippen LogP contribution in [0.5, 0.6) is 5.75 Å². The summed E-state index contributed by atoms with van der Waals surface area (Å²) in [7, 11) is 1.71. The van der Waals surface area contributed by atoms with Gasteiger partial charge in [0.25, 0.3) is 5.91 Å². The number of hydrogen-bond acceptors (Lipinski definition) is 7. The summed E-state index contributed by atoms with van der Waals surface area (Å²) in [5.74, 6) is -0.383. The number of nitrogens with zero attached hydrogens (tertiary/aromatic N) is 2. The predicted molar refractivity (Wildman–Crippen MR) is 215 cm³/mol. The van der Waals surface area contributed by atoms with E-state index < -0.39 is 11.9 Å². The lowest BCUT2D eigenvalue weighted by Crippen LogP contribution is -2.52. The summed E-state index contributed by atoms with van der Waals surface area (Å²) < 4.78 is 11.6. The van der Waals surface area contributed by atoms with Gasteiger partial charge in [-0.3, -0.25) is 29.3 Å². The minimum atomic E-state index is -0.741. The molecule has 2 heterocycles. The molecule has 6 rings (SSSR count). The van der Waals surface area contributed by atoms with Crippen molar-refractivity contribution in [3.63, 3.8) is 0 Å². The molecule has 2 aliphatic heterocycles. The maximum atomic E-state index is 13.1. The topological polar surface area (TPSA) is 134 Å². The van der Waals surface area contributed by atoms with Crippen LogP contribution in [0.2, 0.25) is 0 Å². The number of carbonyl (C=O) groups excluding carboxylic acids is 5. The predicted octanol–water partition coefficient (Wildman–Crippen LogP) is 6.31. The van der Waals surface area contributed by atoms with E-state index >= 15 is 0 Å². The minimum absolute atomic E-state index is 0.0496. The molecule has 290 valence electrons. The molecular formula is C44H45ClN4O7. The molecule has 1 unspecified atom stereocenters. The van der Waals surface area contributed by atoms with Gasteiger partial charge in [0.15, 0.2) is 0 Å². The smallest absolute Gasteiger partial charge is 0.255 e. The number of likely N-dealkylation sites (N-methyl/N-ethyl adjacent to an activating group) is 1. The van der Waals surface area contributed by atoms with Crippen molar-refractivity contribution in [3.05, 3.63) is 131 Å². The molecule has 1 saturated heterocycles. The van der Waals surface area contributed by atoms with Crippen molar-refractivity contribution in [1.29, 1.82) is 0 Å². The number of halogens is 1. The summed E-state index contributed by atoms with van der Waals surface area (Å²) in [5, 5.41) is 5.13. The highest BCUT2D eigenvalue weighted by molar-refractivity contribution is 6.18. The van der Waals surface area contributed by atoms with Gasteiger partial charge in [0.1, 0.15) is 18.4 Å². The monoisotopic (exact) mass is 776 g/mol. The van der Waals surface area contributed by atoms with Crippen LogP contribution < -0.4 is 15.4 Å². The van der Waals surface area contributed by atoms with Gasteiger partial charge < -0.3 is 24.6 Å². The van der Waals surface area contributed by atoms with E-state index in [0.717, 1.165) is 22.3 Å². The SMILES string of the molecule is CN(CCOc1ccc(/C(=C(/CCCl)c2ccccc2)c2ccccc2)cc1)C(=O)CCOCCC(=O)Nc1cccc2c1CN(C1CCC(=O)NC1=O)C2=O. The van der Waals surface area contributed by atoms with Gasteiger partial charge in [0.2, 0.25) is 23.6 Å². The summed E-state index contributed by atoms with van der Waals surface area (Å²) in [6, 6.07) is 32.8. The van der Waals surface area contributed by atoms with Gasteiger partial charge in [-0.2, -0.15) is 0 Å². The second-order valence-corrected chi connectivity index (χ2v) is 14.0. The molecule has 0 aliphatic carbocycles. The Balaban J connectivity index is 0.928. The Labute approximate surface area is 331 Å². The number of hydrogen-bond donors (Lipinski definition) is 2. The van der Waals surface area contributed by atoms with Crippen LogP contribution in [0.25, 0.3) is 11.1 Å². The summed E-state index contributed by atoms with van der Waals surface area (Å²) in [6.07, 6.45) is 1.33. The van der Waals surface area contributed by atoms with Gasteiger partial charge >= 0.3 is 0 Å². The first kappa shape index (κ1) is 39.9. The molecule has 2 aliphatic rings. The van der Waals surface area contributed by atoms with Crippen LogP contribution in [0.3, 0.4) is 0 Å². The second kappa shape index (κ2) is 19.2. The number of anilines is 1. The van der Waals surface area contributed by atoms with E-state index in [-0.39, 0.29) is 69.1 Å². The number of amides is 5. The number of ether oxygens (including phenoxy) is 2. The zero-order valence-electron chi connectivity index (χ0n) is 31.3. The molecule has 12 heteroatoms. The molecule has 56 heavy (non-hydrogen) atoms. The Hall–Kier alpha value is -5.78. The number of piperidine rings is 1. The van der Waals surface area contributed by atoms with Crippen molar-refractivity contribution < 1.29 is 33.4 Å². The molecule has 4 aromatic carbocycles. The lowest BCUT2D eigenvalue weighted by Gasteiger charge is -2.29. The van der Waals surface area contributed by atoms with E-state index in [4.69, 9.17) is 21.1 Å². The molecular weight excluding hydrogens is 732 g/mol. The molecule has 2 N–H and O–H groups in total. The lowest BCUT2D eigenvalue weighted by atomic mass is 9.88. The average molecular weight is 777 g/mol. The number of benzene rings is 4.